The summed E-state index contributed by atoms with van der Waals surface area (Å²) in [5.74, 6) is 0.00178. The third kappa shape index (κ3) is 3.75. The zero-order valence-corrected chi connectivity index (χ0v) is 19.0. The van der Waals surface area contributed by atoms with E-state index < -0.39 is 11.6 Å². The molecule has 5 rings (SSSR count). The van der Waals surface area contributed by atoms with Crippen LogP contribution >= 0.6 is 11.9 Å². The Labute approximate surface area is 192 Å². The van der Waals surface area contributed by atoms with Crippen LogP contribution < -0.4 is 10.1 Å². The molecule has 3 aliphatic rings. The lowest BCUT2D eigenvalue weighted by Gasteiger charge is -2.47. The van der Waals surface area contributed by atoms with Crippen molar-refractivity contribution >= 4 is 18.0 Å². The van der Waals surface area contributed by atoms with Crippen molar-refractivity contribution in [2.75, 3.05) is 26.0 Å². The molecule has 170 valence electrons. The maximum atomic E-state index is 13.0. The Morgan fingerprint density at radius 3 is 2.44 bits per heavy atom. The molecule has 0 aromatic heterocycles. The lowest BCUT2D eigenvalue weighted by molar-refractivity contribution is -0.260. The van der Waals surface area contributed by atoms with Crippen LogP contribution in [0, 0.1) is 0 Å². The lowest BCUT2D eigenvalue weighted by Crippen LogP contribution is -2.61. The van der Waals surface area contributed by atoms with Gasteiger partial charge < -0.3 is 20.3 Å². The number of urea groups is 1. The fraction of sp³-hybridized carbons (Fsp3) is 0.458. The number of nitrogens with one attached hydrogen (secondary N) is 1. The van der Waals surface area contributed by atoms with E-state index in [0.717, 1.165) is 16.9 Å². The fourth-order valence-electron chi connectivity index (χ4n) is 4.75. The average Bonchev–Trinajstić information content (AvgIpc) is 3.52. The highest BCUT2D eigenvalue weighted by molar-refractivity contribution is 7.97. The summed E-state index contributed by atoms with van der Waals surface area (Å²) in [6.45, 7) is 0.725. The molecule has 3 fully saturated rings. The highest BCUT2D eigenvalue weighted by atomic mass is 32.2. The molecule has 32 heavy (non-hydrogen) atoms. The van der Waals surface area contributed by atoms with Crippen LogP contribution in [0.3, 0.4) is 0 Å². The van der Waals surface area contributed by atoms with Crippen LogP contribution in [0.2, 0.25) is 0 Å². The SMILES string of the molecule is COc1ccc(CCN2C(=O)NCC2(c2ccc(C3CC3)cc2)N2SCCC2(O)O)cc1. The summed E-state index contributed by atoms with van der Waals surface area (Å²) in [6.07, 6.45) is 3.30. The van der Waals surface area contributed by atoms with Crippen molar-refractivity contribution in [2.24, 2.45) is 0 Å². The number of nitrogens with zero attached hydrogens (tertiary/aromatic N) is 2. The Morgan fingerprint density at radius 1 is 1.12 bits per heavy atom. The van der Waals surface area contributed by atoms with E-state index in [1.807, 2.05) is 36.4 Å². The van der Waals surface area contributed by atoms with Gasteiger partial charge in [-0.15, -0.1) is 0 Å². The van der Waals surface area contributed by atoms with Gasteiger partial charge in [0.05, 0.1) is 13.7 Å². The molecule has 2 aromatic rings. The molecular formula is C24H29N3O4S. The number of hydrogen-bond donors (Lipinski definition) is 3. The summed E-state index contributed by atoms with van der Waals surface area (Å²) in [4.78, 5) is 14.8. The molecule has 3 N–H and O–H groups in total. The number of hydrogen-bond acceptors (Lipinski definition) is 6. The second-order valence-corrected chi connectivity index (χ2v) is 9.80. The number of aliphatic hydroxyl groups is 2. The van der Waals surface area contributed by atoms with Crippen molar-refractivity contribution in [3.8, 4) is 5.75 Å². The van der Waals surface area contributed by atoms with Gasteiger partial charge in [-0.1, -0.05) is 48.3 Å². The first-order valence-electron chi connectivity index (χ1n) is 11.1. The van der Waals surface area contributed by atoms with Gasteiger partial charge in [-0.2, -0.15) is 4.31 Å². The lowest BCUT2D eigenvalue weighted by atomic mass is 9.95. The molecular weight excluding hydrogens is 426 g/mol. The Morgan fingerprint density at radius 2 is 1.84 bits per heavy atom. The van der Waals surface area contributed by atoms with E-state index in [-0.39, 0.29) is 19.0 Å². The molecule has 8 heteroatoms. The van der Waals surface area contributed by atoms with Crippen molar-refractivity contribution in [3.05, 3.63) is 65.2 Å². The van der Waals surface area contributed by atoms with Gasteiger partial charge in [-0.3, -0.25) is 4.90 Å². The minimum Gasteiger partial charge on any atom is -0.497 e. The molecule has 0 radical (unpaired) electrons. The van der Waals surface area contributed by atoms with Gasteiger partial charge in [0.15, 0.2) is 5.66 Å². The fourth-order valence-corrected chi connectivity index (χ4v) is 6.08. The van der Waals surface area contributed by atoms with Crippen molar-refractivity contribution in [2.45, 2.75) is 43.2 Å². The van der Waals surface area contributed by atoms with E-state index in [9.17, 15) is 15.0 Å². The Bertz CT molecular complexity index is 978. The molecule has 1 aliphatic carbocycles. The van der Waals surface area contributed by atoms with Crippen molar-refractivity contribution < 1.29 is 19.7 Å². The van der Waals surface area contributed by atoms with Crippen LogP contribution in [-0.2, 0) is 12.1 Å². The van der Waals surface area contributed by atoms with Gasteiger partial charge >= 0.3 is 6.03 Å². The number of carbonyl (C=O) groups excluding carboxylic acids is 1. The van der Waals surface area contributed by atoms with Gasteiger partial charge in [-0.25, -0.2) is 4.79 Å². The first-order valence-corrected chi connectivity index (χ1v) is 12.1. The van der Waals surface area contributed by atoms with E-state index in [0.29, 0.717) is 24.6 Å². The minimum atomic E-state index is -2.00. The van der Waals surface area contributed by atoms with E-state index >= 15 is 0 Å². The first-order chi connectivity index (χ1) is 15.4. The van der Waals surface area contributed by atoms with Gasteiger partial charge in [0, 0.05) is 18.7 Å². The predicted molar refractivity (Wildman–Crippen MR) is 123 cm³/mol. The van der Waals surface area contributed by atoms with Gasteiger partial charge in [0.1, 0.15) is 5.75 Å². The molecule has 2 saturated heterocycles. The molecule has 2 amide bonds. The number of methoxy groups -OCH3 is 1. The predicted octanol–water partition coefficient (Wildman–Crippen LogP) is 2.99. The van der Waals surface area contributed by atoms with Crippen LogP contribution in [0.15, 0.2) is 48.5 Å². The summed E-state index contributed by atoms with van der Waals surface area (Å²) in [7, 11) is 1.64. The van der Waals surface area contributed by atoms with E-state index in [1.165, 1.54) is 30.4 Å². The minimum absolute atomic E-state index is 0.201. The second-order valence-electron chi connectivity index (χ2n) is 8.77. The van der Waals surface area contributed by atoms with E-state index in [2.05, 4.69) is 17.4 Å². The highest BCUT2D eigenvalue weighted by Gasteiger charge is 2.59. The average molecular weight is 456 g/mol. The molecule has 1 saturated carbocycles. The van der Waals surface area contributed by atoms with Crippen LogP contribution in [0.4, 0.5) is 4.79 Å². The topological polar surface area (TPSA) is 85.3 Å². The molecule has 0 bridgehead atoms. The number of amides is 2. The Hall–Kier alpha value is -2.26. The number of ether oxygens (including phenoxy) is 1. The summed E-state index contributed by atoms with van der Waals surface area (Å²) < 4.78 is 6.85. The monoisotopic (exact) mass is 455 g/mol. The maximum Gasteiger partial charge on any atom is 0.319 e. The Kier molecular flexibility index (Phi) is 5.57. The summed E-state index contributed by atoms with van der Waals surface area (Å²) in [5, 5.41) is 24.6. The summed E-state index contributed by atoms with van der Waals surface area (Å²) in [6, 6.07) is 15.9. The first kappa shape index (κ1) is 21.6. The van der Waals surface area contributed by atoms with Gasteiger partial charge in [-0.05, 0) is 54.0 Å². The highest BCUT2D eigenvalue weighted by Crippen LogP contribution is 2.48. The van der Waals surface area contributed by atoms with Crippen LogP contribution in [-0.4, -0.2) is 57.3 Å². The van der Waals surface area contributed by atoms with Crippen LogP contribution in [0.25, 0.3) is 0 Å². The van der Waals surface area contributed by atoms with Crippen molar-refractivity contribution in [1.82, 2.24) is 14.5 Å². The van der Waals surface area contributed by atoms with Crippen LogP contribution in [0.1, 0.15) is 41.9 Å². The third-order valence-electron chi connectivity index (χ3n) is 6.70. The molecule has 2 heterocycles. The largest absolute Gasteiger partial charge is 0.497 e. The normalized spacial score (nSPS) is 25.2. The van der Waals surface area contributed by atoms with Crippen LogP contribution in [0.5, 0.6) is 5.75 Å². The summed E-state index contributed by atoms with van der Waals surface area (Å²) in [5.41, 5.74) is 2.28. The third-order valence-corrected chi connectivity index (χ3v) is 7.94. The zero-order valence-electron chi connectivity index (χ0n) is 18.2. The molecule has 2 aliphatic heterocycles. The van der Waals surface area contributed by atoms with Gasteiger partial charge in [0.2, 0.25) is 5.91 Å². The number of rotatable bonds is 7. The van der Waals surface area contributed by atoms with E-state index in [4.69, 9.17) is 4.74 Å². The standard InChI is InChI=1S/C24H29N3O4S/c1-31-21-10-2-17(3-11-21)12-14-26-22(28)25-16-23(26,27-24(29,30)13-15-32-27)20-8-6-19(7-9-20)18-4-5-18/h2-3,6-11,18,29-30H,4-5,12-16H2,1H3,(H,25,28). The number of carbonyl (C=O) groups is 1. The molecule has 1 atom stereocenters. The molecule has 7 nitrogen and oxygen atoms in total. The number of benzene rings is 2. The van der Waals surface area contributed by atoms with Crippen molar-refractivity contribution in [1.29, 1.82) is 0 Å². The van der Waals surface area contributed by atoms with E-state index in [1.54, 1.807) is 16.3 Å². The molecule has 1 unspecified atom stereocenters. The quantitative estimate of drug-likeness (QED) is 0.440. The maximum absolute atomic E-state index is 13.0. The smallest absolute Gasteiger partial charge is 0.319 e. The second kappa shape index (κ2) is 8.26. The molecule has 2 aromatic carbocycles. The Balaban J connectivity index is 1.49. The zero-order chi connectivity index (χ0) is 22.3. The molecule has 0 spiro atoms. The van der Waals surface area contributed by atoms with Crippen molar-refractivity contribution in [3.63, 3.8) is 0 Å². The summed E-state index contributed by atoms with van der Waals surface area (Å²) >= 11 is 1.38. The van der Waals surface area contributed by atoms with Gasteiger partial charge in [0.25, 0.3) is 0 Å².